The van der Waals surface area contributed by atoms with Crippen LogP contribution < -0.4 is 5.73 Å². The first-order valence-electron chi connectivity index (χ1n) is 5.48. The minimum absolute atomic E-state index is 0.135. The molecule has 0 amide bonds. The largest absolute Gasteiger partial charge is 0.318 e. The Kier molecular flexibility index (Phi) is 4.50. The molecule has 0 heterocycles. The summed E-state index contributed by atoms with van der Waals surface area (Å²) in [5.74, 6) is 0.558. The van der Waals surface area contributed by atoms with Crippen LogP contribution in [0.2, 0.25) is 0 Å². The molecule has 15 heavy (non-hydrogen) atoms. The van der Waals surface area contributed by atoms with Crippen molar-refractivity contribution < 1.29 is 4.79 Å². The maximum Gasteiger partial charge on any atom is 0.154 e. The molecule has 0 saturated heterocycles. The van der Waals surface area contributed by atoms with E-state index >= 15 is 0 Å². The monoisotopic (exact) mass is 205 g/mol. The van der Waals surface area contributed by atoms with Crippen LogP contribution in [0.3, 0.4) is 0 Å². The van der Waals surface area contributed by atoms with Crippen molar-refractivity contribution >= 4 is 5.78 Å². The van der Waals surface area contributed by atoms with Gasteiger partial charge in [-0.3, -0.25) is 4.79 Å². The molecule has 0 radical (unpaired) electrons. The average Bonchev–Trinajstić information content (AvgIpc) is 2.29. The van der Waals surface area contributed by atoms with E-state index in [1.807, 2.05) is 30.3 Å². The molecule has 0 bridgehead atoms. The highest BCUT2D eigenvalue weighted by Crippen LogP contribution is 2.16. The lowest BCUT2D eigenvalue weighted by Crippen LogP contribution is -2.22. The molecule has 1 aromatic carbocycles. The molecule has 2 atom stereocenters. The molecule has 1 rings (SSSR count). The summed E-state index contributed by atoms with van der Waals surface area (Å²) >= 11 is 0. The molecule has 1 aromatic rings. The summed E-state index contributed by atoms with van der Waals surface area (Å²) in [6, 6.07) is 9.09. The maximum atomic E-state index is 11.8. The van der Waals surface area contributed by atoms with Crippen LogP contribution in [0.15, 0.2) is 30.3 Å². The fraction of sp³-hybridized carbons (Fsp3) is 0.462. The molecule has 2 heteroatoms. The predicted octanol–water partition coefficient (Wildman–Crippen LogP) is 2.69. The summed E-state index contributed by atoms with van der Waals surface area (Å²) in [5, 5.41) is 0. The van der Waals surface area contributed by atoms with Crippen LogP contribution in [0.4, 0.5) is 0 Å². The van der Waals surface area contributed by atoms with E-state index in [0.717, 1.165) is 12.0 Å². The van der Waals surface area contributed by atoms with Gasteiger partial charge in [-0.25, -0.2) is 0 Å². The number of rotatable bonds is 5. The first-order chi connectivity index (χ1) is 7.15. The Bertz CT molecular complexity index is 308. The number of carbonyl (C=O) groups is 1. The van der Waals surface area contributed by atoms with Gasteiger partial charge in [-0.2, -0.15) is 0 Å². The molecular weight excluding hydrogens is 186 g/mol. The van der Waals surface area contributed by atoms with Crippen molar-refractivity contribution in [2.24, 2.45) is 11.7 Å². The Balaban J connectivity index is 2.61. The molecular formula is C13H19NO. The number of hydrogen-bond donors (Lipinski definition) is 1. The van der Waals surface area contributed by atoms with E-state index in [4.69, 9.17) is 5.73 Å². The minimum Gasteiger partial charge on any atom is -0.318 e. The van der Waals surface area contributed by atoms with E-state index in [1.165, 1.54) is 0 Å². The number of carbonyl (C=O) groups excluding carboxylic acids is 1. The fourth-order valence-electron chi connectivity index (χ4n) is 1.46. The van der Waals surface area contributed by atoms with Crippen molar-refractivity contribution in [3.05, 3.63) is 35.9 Å². The minimum atomic E-state index is -0.458. The molecule has 2 N–H and O–H groups in total. The van der Waals surface area contributed by atoms with Crippen molar-refractivity contribution in [3.8, 4) is 0 Å². The van der Waals surface area contributed by atoms with Crippen LogP contribution >= 0.6 is 0 Å². The van der Waals surface area contributed by atoms with Crippen molar-refractivity contribution in [2.45, 2.75) is 32.7 Å². The van der Waals surface area contributed by atoms with E-state index in [-0.39, 0.29) is 5.78 Å². The number of Topliss-reactive ketones (excluding diaryl/α,β-unsaturated/α-hetero) is 1. The highest BCUT2D eigenvalue weighted by Gasteiger charge is 2.17. The highest BCUT2D eigenvalue weighted by atomic mass is 16.1. The third-order valence-corrected chi connectivity index (χ3v) is 2.75. The van der Waals surface area contributed by atoms with Gasteiger partial charge in [0.2, 0.25) is 0 Å². The standard InChI is InChI=1S/C13H19NO/c1-3-10(2)9-12(15)13(14)11-7-5-4-6-8-11/h4-8,10,13H,3,9,14H2,1-2H3. The van der Waals surface area contributed by atoms with Gasteiger partial charge in [-0.15, -0.1) is 0 Å². The lowest BCUT2D eigenvalue weighted by Gasteiger charge is -2.13. The topological polar surface area (TPSA) is 43.1 Å². The Hall–Kier alpha value is -1.15. The number of benzene rings is 1. The van der Waals surface area contributed by atoms with Crippen LogP contribution in [0.5, 0.6) is 0 Å². The second-order valence-corrected chi connectivity index (χ2v) is 4.07. The lowest BCUT2D eigenvalue weighted by atomic mass is 9.95. The van der Waals surface area contributed by atoms with Crippen LogP contribution in [0, 0.1) is 5.92 Å². The van der Waals surface area contributed by atoms with Crippen LogP contribution in [-0.4, -0.2) is 5.78 Å². The average molecular weight is 205 g/mol. The van der Waals surface area contributed by atoms with Gasteiger partial charge in [0.05, 0.1) is 6.04 Å². The third kappa shape index (κ3) is 3.48. The lowest BCUT2D eigenvalue weighted by molar-refractivity contribution is -0.121. The van der Waals surface area contributed by atoms with E-state index in [0.29, 0.717) is 12.3 Å². The van der Waals surface area contributed by atoms with Crippen molar-refractivity contribution in [3.63, 3.8) is 0 Å². The van der Waals surface area contributed by atoms with Gasteiger partial charge in [0.1, 0.15) is 0 Å². The summed E-state index contributed by atoms with van der Waals surface area (Å²) in [5.41, 5.74) is 6.80. The summed E-state index contributed by atoms with van der Waals surface area (Å²) in [4.78, 5) is 11.8. The molecule has 82 valence electrons. The smallest absolute Gasteiger partial charge is 0.154 e. The van der Waals surface area contributed by atoms with Gasteiger partial charge < -0.3 is 5.73 Å². The number of ketones is 1. The summed E-state index contributed by atoms with van der Waals surface area (Å²) in [6.07, 6.45) is 1.60. The summed E-state index contributed by atoms with van der Waals surface area (Å²) in [7, 11) is 0. The second kappa shape index (κ2) is 5.66. The Morgan fingerprint density at radius 3 is 2.47 bits per heavy atom. The van der Waals surface area contributed by atoms with Crippen molar-refractivity contribution in [2.75, 3.05) is 0 Å². The van der Waals surface area contributed by atoms with Crippen LogP contribution in [0.25, 0.3) is 0 Å². The molecule has 0 spiro atoms. The van der Waals surface area contributed by atoms with Crippen LogP contribution in [-0.2, 0) is 4.79 Å². The van der Waals surface area contributed by atoms with E-state index in [2.05, 4.69) is 13.8 Å². The first-order valence-corrected chi connectivity index (χ1v) is 5.48. The molecule has 0 aliphatic rings. The third-order valence-electron chi connectivity index (χ3n) is 2.75. The molecule has 2 unspecified atom stereocenters. The SMILES string of the molecule is CCC(C)CC(=O)C(N)c1ccccc1. The highest BCUT2D eigenvalue weighted by molar-refractivity contribution is 5.85. The fourth-order valence-corrected chi connectivity index (χ4v) is 1.46. The van der Waals surface area contributed by atoms with E-state index in [9.17, 15) is 4.79 Å². The second-order valence-electron chi connectivity index (χ2n) is 4.07. The van der Waals surface area contributed by atoms with Gasteiger partial charge in [0.15, 0.2) is 5.78 Å². The summed E-state index contributed by atoms with van der Waals surface area (Å²) < 4.78 is 0. The number of hydrogen-bond acceptors (Lipinski definition) is 2. The van der Waals surface area contributed by atoms with E-state index < -0.39 is 6.04 Å². The maximum absolute atomic E-state index is 11.8. The zero-order valence-corrected chi connectivity index (χ0v) is 9.44. The molecule has 0 aliphatic heterocycles. The molecule has 0 aromatic heterocycles. The van der Waals surface area contributed by atoms with Crippen molar-refractivity contribution in [1.82, 2.24) is 0 Å². The van der Waals surface area contributed by atoms with Gasteiger partial charge in [0, 0.05) is 6.42 Å². The molecule has 2 nitrogen and oxygen atoms in total. The molecule has 0 fully saturated rings. The van der Waals surface area contributed by atoms with Gasteiger partial charge in [-0.1, -0.05) is 50.6 Å². The number of nitrogens with two attached hydrogens (primary N) is 1. The Morgan fingerprint density at radius 1 is 1.33 bits per heavy atom. The first kappa shape index (κ1) is 11.9. The predicted molar refractivity (Wildman–Crippen MR) is 62.4 cm³/mol. The van der Waals surface area contributed by atoms with Crippen molar-refractivity contribution in [1.29, 1.82) is 0 Å². The quantitative estimate of drug-likeness (QED) is 0.803. The normalized spacial score (nSPS) is 14.6. The van der Waals surface area contributed by atoms with Crippen LogP contribution in [0.1, 0.15) is 38.3 Å². The van der Waals surface area contributed by atoms with Gasteiger partial charge in [0.25, 0.3) is 0 Å². The molecule has 0 aliphatic carbocycles. The van der Waals surface area contributed by atoms with E-state index in [1.54, 1.807) is 0 Å². The molecule has 0 saturated carbocycles. The zero-order valence-electron chi connectivity index (χ0n) is 9.44. The Morgan fingerprint density at radius 2 is 1.93 bits per heavy atom. The van der Waals surface area contributed by atoms with Gasteiger partial charge >= 0.3 is 0 Å². The zero-order chi connectivity index (χ0) is 11.3. The van der Waals surface area contributed by atoms with Gasteiger partial charge in [-0.05, 0) is 11.5 Å². The summed E-state index contributed by atoms with van der Waals surface area (Å²) in [6.45, 7) is 4.17. The Labute approximate surface area is 91.5 Å².